The number of hydrogen-bond donors (Lipinski definition) is 0. The van der Waals surface area contributed by atoms with E-state index in [1.165, 1.54) is 36.4 Å². The molecule has 1 aromatic rings. The molecule has 0 saturated heterocycles. The standard InChI is InChI=1S/C24H33BrO3S/c1-4-6-7-11-19-16-21(27-5-2)23(20-12-8-10-18(3)15-20)22(17-19)28-24(26)29-14-9-13-25/h5,15-17,20H,2,4,6-14H2,1,3H3. The zero-order valence-electron chi connectivity index (χ0n) is 17.7. The van der Waals surface area contributed by atoms with Gasteiger partial charge in [0.2, 0.25) is 0 Å². The first-order valence-corrected chi connectivity index (χ1v) is 12.7. The molecule has 0 spiro atoms. The Balaban J connectivity index is 2.38. The van der Waals surface area contributed by atoms with Gasteiger partial charge in [-0.2, -0.15) is 0 Å². The second kappa shape index (κ2) is 13.2. The van der Waals surface area contributed by atoms with Crippen molar-refractivity contribution in [1.29, 1.82) is 0 Å². The molecule has 0 fully saturated rings. The molecular weight excluding hydrogens is 448 g/mol. The molecule has 0 radical (unpaired) electrons. The monoisotopic (exact) mass is 480 g/mol. The molecule has 5 heteroatoms. The molecule has 0 aliphatic heterocycles. The highest BCUT2D eigenvalue weighted by atomic mass is 79.9. The zero-order valence-corrected chi connectivity index (χ0v) is 20.1. The Morgan fingerprint density at radius 1 is 1.31 bits per heavy atom. The summed E-state index contributed by atoms with van der Waals surface area (Å²) in [5.41, 5.74) is 3.49. The Labute approximate surface area is 188 Å². The molecule has 1 aliphatic carbocycles. The average Bonchev–Trinajstić information content (AvgIpc) is 2.68. The molecule has 1 aliphatic rings. The van der Waals surface area contributed by atoms with E-state index in [4.69, 9.17) is 9.47 Å². The lowest BCUT2D eigenvalue weighted by Gasteiger charge is -2.24. The van der Waals surface area contributed by atoms with E-state index < -0.39 is 0 Å². The number of halogens is 1. The molecule has 0 bridgehead atoms. The Morgan fingerprint density at radius 3 is 2.79 bits per heavy atom. The quantitative estimate of drug-likeness (QED) is 0.105. The number of rotatable bonds is 11. The number of carbonyl (C=O) groups excluding carboxylic acids is 1. The lowest BCUT2D eigenvalue weighted by molar-refractivity contribution is 0.226. The predicted octanol–water partition coefficient (Wildman–Crippen LogP) is 8.17. The van der Waals surface area contributed by atoms with E-state index in [1.54, 1.807) is 0 Å². The highest BCUT2D eigenvalue weighted by Gasteiger charge is 2.24. The number of unbranched alkanes of at least 4 members (excludes halogenated alkanes) is 2. The van der Waals surface area contributed by atoms with E-state index in [0.29, 0.717) is 5.75 Å². The van der Waals surface area contributed by atoms with E-state index in [2.05, 4.69) is 48.5 Å². The minimum atomic E-state index is -0.251. The van der Waals surface area contributed by atoms with Gasteiger partial charge in [0.25, 0.3) is 0 Å². The summed E-state index contributed by atoms with van der Waals surface area (Å²) < 4.78 is 11.7. The van der Waals surface area contributed by atoms with Crippen molar-refractivity contribution in [2.24, 2.45) is 0 Å². The van der Waals surface area contributed by atoms with Gasteiger partial charge in [0.1, 0.15) is 11.5 Å². The third-order valence-electron chi connectivity index (χ3n) is 5.08. The SMILES string of the molecule is C=COc1cc(CCCCC)cc(OC(=O)SCCCBr)c1C1C=C(C)CCC1. The zero-order chi connectivity index (χ0) is 21.1. The fourth-order valence-electron chi connectivity index (χ4n) is 3.68. The van der Waals surface area contributed by atoms with Crippen LogP contribution in [0.25, 0.3) is 0 Å². The minimum Gasteiger partial charge on any atom is -0.465 e. The van der Waals surface area contributed by atoms with Crippen LogP contribution in [0.4, 0.5) is 4.79 Å². The van der Waals surface area contributed by atoms with Crippen LogP contribution in [-0.4, -0.2) is 16.4 Å². The van der Waals surface area contributed by atoms with E-state index in [0.717, 1.165) is 66.5 Å². The van der Waals surface area contributed by atoms with E-state index in [1.807, 2.05) is 6.07 Å². The molecule has 0 amide bonds. The second-order valence-corrected chi connectivity index (χ2v) is 9.33. The summed E-state index contributed by atoms with van der Waals surface area (Å²) >= 11 is 4.63. The fourth-order valence-corrected chi connectivity index (χ4v) is 4.94. The summed E-state index contributed by atoms with van der Waals surface area (Å²) in [5, 5.41) is 0.633. The van der Waals surface area contributed by atoms with Crippen LogP contribution in [0.2, 0.25) is 0 Å². The molecule has 1 aromatic carbocycles. The first-order chi connectivity index (χ1) is 14.1. The molecule has 160 valence electrons. The summed E-state index contributed by atoms with van der Waals surface area (Å²) in [6.07, 6.45) is 12.4. The molecule has 0 aromatic heterocycles. The molecule has 1 unspecified atom stereocenters. The summed E-state index contributed by atoms with van der Waals surface area (Å²) in [6, 6.07) is 4.14. The van der Waals surface area contributed by atoms with E-state index in [9.17, 15) is 4.79 Å². The first-order valence-electron chi connectivity index (χ1n) is 10.6. The lowest BCUT2D eigenvalue weighted by atomic mass is 9.84. The van der Waals surface area contributed by atoms with Gasteiger partial charge in [0, 0.05) is 22.6 Å². The van der Waals surface area contributed by atoms with Crippen LogP contribution in [0.5, 0.6) is 11.5 Å². The highest BCUT2D eigenvalue weighted by Crippen LogP contribution is 2.43. The summed E-state index contributed by atoms with van der Waals surface area (Å²) in [7, 11) is 0. The third-order valence-corrected chi connectivity index (χ3v) is 6.45. The van der Waals surface area contributed by atoms with E-state index >= 15 is 0 Å². The van der Waals surface area contributed by atoms with Gasteiger partial charge < -0.3 is 9.47 Å². The lowest BCUT2D eigenvalue weighted by Crippen LogP contribution is -2.10. The van der Waals surface area contributed by atoms with Crippen molar-refractivity contribution in [1.82, 2.24) is 0 Å². The van der Waals surface area contributed by atoms with Crippen molar-refractivity contribution in [3.05, 3.63) is 47.7 Å². The Kier molecular flexibility index (Phi) is 10.9. The van der Waals surface area contributed by atoms with Crippen LogP contribution in [-0.2, 0) is 6.42 Å². The Bertz CT molecular complexity index is 714. The summed E-state index contributed by atoms with van der Waals surface area (Å²) in [6.45, 7) is 8.12. The van der Waals surface area contributed by atoms with E-state index in [-0.39, 0.29) is 11.2 Å². The topological polar surface area (TPSA) is 35.5 Å². The normalized spacial score (nSPS) is 16.2. The largest absolute Gasteiger partial charge is 0.465 e. The van der Waals surface area contributed by atoms with Crippen molar-refractivity contribution in [2.75, 3.05) is 11.1 Å². The molecule has 0 N–H and O–H groups in total. The maximum absolute atomic E-state index is 12.5. The van der Waals surface area contributed by atoms with Crippen molar-refractivity contribution >= 4 is 33.0 Å². The Hall–Kier alpha value is -1.20. The molecular formula is C24H33BrO3S. The maximum Gasteiger partial charge on any atom is 0.372 e. The fraction of sp³-hybridized carbons (Fsp3) is 0.542. The molecule has 2 rings (SSSR count). The average molecular weight is 481 g/mol. The first kappa shape index (κ1) is 24.1. The van der Waals surface area contributed by atoms with Crippen LogP contribution in [0.15, 0.2) is 36.6 Å². The number of benzene rings is 1. The van der Waals surface area contributed by atoms with Crippen LogP contribution < -0.4 is 9.47 Å². The van der Waals surface area contributed by atoms with Gasteiger partial charge in [-0.1, -0.05) is 53.9 Å². The highest BCUT2D eigenvalue weighted by molar-refractivity contribution is 9.09. The Morgan fingerprint density at radius 2 is 2.10 bits per heavy atom. The number of alkyl halides is 1. The number of allylic oxidation sites excluding steroid dienone is 2. The van der Waals surface area contributed by atoms with Crippen molar-refractivity contribution in [2.45, 2.75) is 71.1 Å². The van der Waals surface area contributed by atoms with Crippen LogP contribution >= 0.6 is 27.7 Å². The molecule has 0 saturated carbocycles. The van der Waals surface area contributed by atoms with Crippen molar-refractivity contribution in [3.63, 3.8) is 0 Å². The molecule has 3 nitrogen and oxygen atoms in total. The third kappa shape index (κ3) is 7.86. The summed E-state index contributed by atoms with van der Waals surface area (Å²) in [4.78, 5) is 12.5. The maximum atomic E-state index is 12.5. The smallest absolute Gasteiger partial charge is 0.372 e. The predicted molar refractivity (Wildman–Crippen MR) is 128 cm³/mol. The van der Waals surface area contributed by atoms with Gasteiger partial charge in [-0.05, 0) is 74.9 Å². The van der Waals surface area contributed by atoms with Gasteiger partial charge in [-0.25, -0.2) is 4.79 Å². The number of ether oxygens (including phenoxy) is 2. The summed E-state index contributed by atoms with van der Waals surface area (Å²) in [5.74, 6) is 2.34. The van der Waals surface area contributed by atoms with Gasteiger partial charge in [-0.15, -0.1) is 0 Å². The number of aryl methyl sites for hydroxylation is 1. The second-order valence-electron chi connectivity index (χ2n) is 7.50. The number of thioether (sulfide) groups is 1. The minimum absolute atomic E-state index is 0.193. The molecule has 1 atom stereocenters. The number of carbonyl (C=O) groups is 1. The van der Waals surface area contributed by atoms with Gasteiger partial charge in [0.05, 0.1) is 6.26 Å². The van der Waals surface area contributed by atoms with Crippen molar-refractivity contribution in [3.8, 4) is 11.5 Å². The van der Waals surface area contributed by atoms with Gasteiger partial charge in [0.15, 0.2) is 0 Å². The molecule has 29 heavy (non-hydrogen) atoms. The van der Waals surface area contributed by atoms with Crippen molar-refractivity contribution < 1.29 is 14.3 Å². The van der Waals surface area contributed by atoms with Gasteiger partial charge in [-0.3, -0.25) is 0 Å². The van der Waals surface area contributed by atoms with Gasteiger partial charge >= 0.3 is 5.30 Å². The van der Waals surface area contributed by atoms with Crippen LogP contribution in [0.1, 0.15) is 75.8 Å². The van der Waals surface area contributed by atoms with Crippen LogP contribution in [0, 0.1) is 0 Å². The number of hydrogen-bond acceptors (Lipinski definition) is 4. The molecule has 0 heterocycles. The van der Waals surface area contributed by atoms with Crippen LogP contribution in [0.3, 0.4) is 0 Å².